The number of hydrogen-bond acceptors (Lipinski definition) is 3. The Bertz CT molecular complexity index is 852. The molecule has 3 nitrogen and oxygen atoms in total. The van der Waals surface area contributed by atoms with E-state index in [2.05, 4.69) is 32.0 Å². The lowest BCUT2D eigenvalue weighted by Gasteiger charge is -2.33. The van der Waals surface area contributed by atoms with Crippen LogP contribution < -0.4 is 10.9 Å². The average molecular weight is 434 g/mol. The standard InChI is InChI=1S/C27H40B2O3/c1-3-5-7-9-11-17-27(18-12-10-8-6-4-2)25-19-21(28-30)13-15-23(25)24-16-14-22(29(31)32)20-26(24)27/h13-16,19-20,28,30-32H,3-12,17-18H2,1-2H3. The van der Waals surface area contributed by atoms with E-state index in [0.29, 0.717) is 5.46 Å². The first-order valence-corrected chi connectivity index (χ1v) is 12.8. The van der Waals surface area contributed by atoms with Gasteiger partial charge in [0.25, 0.3) is 0 Å². The summed E-state index contributed by atoms with van der Waals surface area (Å²) in [5.41, 5.74) is 6.46. The number of unbranched alkanes of at least 4 members (excludes halogenated alkanes) is 8. The molecule has 32 heavy (non-hydrogen) atoms. The predicted octanol–water partition coefficient (Wildman–Crippen LogP) is 4.32. The fourth-order valence-corrected chi connectivity index (χ4v) is 5.54. The van der Waals surface area contributed by atoms with E-state index in [1.807, 2.05) is 18.2 Å². The molecule has 2 aromatic rings. The Labute approximate surface area is 195 Å². The lowest BCUT2D eigenvalue weighted by atomic mass is 9.68. The second kappa shape index (κ2) is 12.1. The smallest absolute Gasteiger partial charge is 0.449 e. The highest BCUT2D eigenvalue weighted by atomic mass is 16.4. The van der Waals surface area contributed by atoms with E-state index in [9.17, 15) is 15.1 Å². The van der Waals surface area contributed by atoms with Crippen molar-refractivity contribution >= 4 is 25.5 Å². The van der Waals surface area contributed by atoms with Crippen molar-refractivity contribution in [1.29, 1.82) is 0 Å². The van der Waals surface area contributed by atoms with Crippen molar-refractivity contribution in [3.05, 3.63) is 47.5 Å². The predicted molar refractivity (Wildman–Crippen MR) is 138 cm³/mol. The van der Waals surface area contributed by atoms with Gasteiger partial charge in [0, 0.05) is 5.41 Å². The van der Waals surface area contributed by atoms with Crippen LogP contribution in [0.5, 0.6) is 0 Å². The quantitative estimate of drug-likeness (QED) is 0.307. The molecule has 172 valence electrons. The minimum absolute atomic E-state index is 0.0489. The van der Waals surface area contributed by atoms with Crippen LogP contribution in [-0.4, -0.2) is 29.7 Å². The van der Waals surface area contributed by atoms with Crippen LogP contribution in [0.3, 0.4) is 0 Å². The van der Waals surface area contributed by atoms with Gasteiger partial charge in [-0.05, 0) is 40.6 Å². The van der Waals surface area contributed by atoms with E-state index < -0.39 is 7.12 Å². The first kappa shape index (κ1) is 25.1. The first-order chi connectivity index (χ1) is 15.6. The largest absolute Gasteiger partial charge is 0.488 e. The third kappa shape index (κ3) is 5.50. The summed E-state index contributed by atoms with van der Waals surface area (Å²) in [5, 5.41) is 29.6. The summed E-state index contributed by atoms with van der Waals surface area (Å²) in [5.74, 6) is 0. The van der Waals surface area contributed by atoms with Crippen molar-refractivity contribution in [2.75, 3.05) is 0 Å². The van der Waals surface area contributed by atoms with Crippen LogP contribution in [0.25, 0.3) is 11.1 Å². The van der Waals surface area contributed by atoms with Gasteiger partial charge in [0.15, 0.2) is 0 Å². The van der Waals surface area contributed by atoms with E-state index in [4.69, 9.17) is 0 Å². The molecule has 0 aromatic heterocycles. The topological polar surface area (TPSA) is 60.7 Å². The minimum Gasteiger partial charge on any atom is -0.449 e. The zero-order valence-corrected chi connectivity index (χ0v) is 20.1. The summed E-state index contributed by atoms with van der Waals surface area (Å²) in [6, 6.07) is 12.3. The fourth-order valence-electron chi connectivity index (χ4n) is 5.54. The van der Waals surface area contributed by atoms with Gasteiger partial charge in [0.1, 0.15) is 0 Å². The molecule has 0 spiro atoms. The van der Waals surface area contributed by atoms with E-state index in [1.165, 1.54) is 86.5 Å². The lowest BCUT2D eigenvalue weighted by molar-refractivity contribution is 0.398. The number of fused-ring (bicyclic) bond motifs is 3. The van der Waals surface area contributed by atoms with Gasteiger partial charge in [0.2, 0.25) is 0 Å². The Morgan fingerprint density at radius 3 is 1.78 bits per heavy atom. The first-order valence-electron chi connectivity index (χ1n) is 12.8. The fraction of sp³-hybridized carbons (Fsp3) is 0.556. The zero-order valence-electron chi connectivity index (χ0n) is 20.1. The third-order valence-corrected chi connectivity index (χ3v) is 7.34. The van der Waals surface area contributed by atoms with E-state index in [1.54, 1.807) is 0 Å². The van der Waals surface area contributed by atoms with Crippen LogP contribution in [0.4, 0.5) is 0 Å². The molecule has 0 aliphatic heterocycles. The third-order valence-electron chi connectivity index (χ3n) is 7.34. The van der Waals surface area contributed by atoms with Crippen molar-refractivity contribution in [3.8, 4) is 11.1 Å². The Kier molecular flexibility index (Phi) is 9.46. The highest BCUT2D eigenvalue weighted by Gasteiger charge is 2.42. The molecule has 0 heterocycles. The molecule has 2 aromatic carbocycles. The van der Waals surface area contributed by atoms with Crippen molar-refractivity contribution in [2.24, 2.45) is 0 Å². The van der Waals surface area contributed by atoms with Crippen LogP contribution in [0.1, 0.15) is 102 Å². The Balaban J connectivity index is 2.01. The van der Waals surface area contributed by atoms with Crippen molar-refractivity contribution in [2.45, 2.75) is 96.3 Å². The highest BCUT2D eigenvalue weighted by molar-refractivity contribution is 6.58. The summed E-state index contributed by atoms with van der Waals surface area (Å²) in [6.45, 7) is 4.50. The molecule has 5 heteroatoms. The molecule has 0 unspecified atom stereocenters. The molecule has 0 fully saturated rings. The number of benzene rings is 2. The van der Waals surface area contributed by atoms with Gasteiger partial charge in [-0.15, -0.1) is 0 Å². The molecule has 0 bridgehead atoms. The second-order valence-electron chi connectivity index (χ2n) is 9.63. The number of hydrogen-bond donors (Lipinski definition) is 3. The van der Waals surface area contributed by atoms with Gasteiger partial charge in [-0.2, -0.15) is 0 Å². The molecule has 0 amide bonds. The average Bonchev–Trinajstić information content (AvgIpc) is 3.07. The summed E-state index contributed by atoms with van der Waals surface area (Å²) in [4.78, 5) is 0. The van der Waals surface area contributed by atoms with E-state index in [0.717, 1.165) is 18.3 Å². The lowest BCUT2D eigenvalue weighted by Crippen LogP contribution is -2.33. The van der Waals surface area contributed by atoms with Crippen LogP contribution in [-0.2, 0) is 5.41 Å². The molecule has 0 saturated carbocycles. The zero-order chi connectivity index (χ0) is 23.0. The van der Waals surface area contributed by atoms with Gasteiger partial charge in [-0.1, -0.05) is 120 Å². The molecule has 0 atom stereocenters. The van der Waals surface area contributed by atoms with Gasteiger partial charge >= 0.3 is 14.6 Å². The maximum atomic E-state index is 9.89. The SMILES string of the molecule is CCCCCCCC1(CCCCCCC)c2cc(BO)ccc2-c2ccc(B(O)O)cc21. The summed E-state index contributed by atoms with van der Waals surface area (Å²) >= 11 is 0. The molecule has 0 radical (unpaired) electrons. The minimum atomic E-state index is -1.45. The number of rotatable bonds is 14. The van der Waals surface area contributed by atoms with Crippen LogP contribution in [0.15, 0.2) is 36.4 Å². The molecular weight excluding hydrogens is 394 g/mol. The Morgan fingerprint density at radius 1 is 0.719 bits per heavy atom. The maximum Gasteiger partial charge on any atom is 0.488 e. The van der Waals surface area contributed by atoms with Crippen LogP contribution in [0.2, 0.25) is 0 Å². The summed E-state index contributed by atoms with van der Waals surface area (Å²) in [6.07, 6.45) is 14.6. The van der Waals surface area contributed by atoms with E-state index >= 15 is 0 Å². The Hall–Kier alpha value is -1.55. The van der Waals surface area contributed by atoms with Crippen molar-refractivity contribution in [3.63, 3.8) is 0 Å². The van der Waals surface area contributed by atoms with Gasteiger partial charge in [0.05, 0.1) is 0 Å². The van der Waals surface area contributed by atoms with Crippen LogP contribution in [0, 0.1) is 0 Å². The summed E-state index contributed by atoms with van der Waals surface area (Å²) in [7, 11) is -1.41. The van der Waals surface area contributed by atoms with Crippen LogP contribution >= 0.6 is 0 Å². The Morgan fingerprint density at radius 2 is 1.25 bits per heavy atom. The molecular formula is C27H40B2O3. The molecule has 0 saturated heterocycles. The van der Waals surface area contributed by atoms with Crippen molar-refractivity contribution in [1.82, 2.24) is 0 Å². The normalized spacial score (nSPS) is 13.7. The van der Waals surface area contributed by atoms with Gasteiger partial charge in [-0.25, -0.2) is 0 Å². The van der Waals surface area contributed by atoms with Crippen molar-refractivity contribution < 1.29 is 15.1 Å². The van der Waals surface area contributed by atoms with E-state index in [-0.39, 0.29) is 12.9 Å². The van der Waals surface area contributed by atoms with Gasteiger partial charge < -0.3 is 15.1 Å². The molecule has 1 aliphatic rings. The van der Waals surface area contributed by atoms with Gasteiger partial charge in [-0.3, -0.25) is 0 Å². The molecule has 3 rings (SSSR count). The second-order valence-corrected chi connectivity index (χ2v) is 9.63. The molecule has 3 N–H and O–H groups in total. The summed E-state index contributed by atoms with van der Waals surface area (Å²) < 4.78 is 0. The monoisotopic (exact) mass is 434 g/mol. The highest BCUT2D eigenvalue weighted by Crippen LogP contribution is 2.53. The molecule has 1 aliphatic carbocycles. The maximum absolute atomic E-state index is 9.89.